The lowest BCUT2D eigenvalue weighted by atomic mass is 9.85. The number of carboxylic acids is 1. The number of primary amides is 1. The number of rotatable bonds is 8. The number of allylic oxidation sites excluding steroid dienone is 3. The predicted molar refractivity (Wildman–Crippen MR) is 132 cm³/mol. The number of carbonyl (C=O) groups excluding carboxylic acids is 2. The lowest BCUT2D eigenvalue weighted by Gasteiger charge is -2.41. The van der Waals surface area contributed by atoms with Gasteiger partial charge in [-0.2, -0.15) is 0 Å². The summed E-state index contributed by atoms with van der Waals surface area (Å²) in [6.07, 6.45) is 2.58. The number of amides is 2. The molecule has 2 aliphatic rings. The molecule has 1 aliphatic heterocycles. The first-order chi connectivity index (χ1) is 16.9. The Bertz CT molecular complexity index is 1150. The van der Waals surface area contributed by atoms with E-state index in [0.717, 1.165) is 0 Å². The van der Waals surface area contributed by atoms with Crippen molar-refractivity contribution in [2.45, 2.75) is 46.3 Å². The van der Waals surface area contributed by atoms with Crippen molar-refractivity contribution in [1.82, 2.24) is 14.8 Å². The molecule has 3 atom stereocenters. The molecule has 0 aromatic carbocycles. The molecule has 0 spiro atoms. The van der Waals surface area contributed by atoms with Crippen molar-refractivity contribution in [1.29, 1.82) is 0 Å². The highest BCUT2D eigenvalue weighted by Gasteiger charge is 2.33. The SMILES string of the molecule is C=CC(=O)N1CCN(C[C@@H](Oc2cc(C)c(C(N)=O)nc2C(=O)O)C2=CC(F)=C(C)CC2C)C[C@H]1C. The van der Waals surface area contributed by atoms with Gasteiger partial charge in [0.05, 0.1) is 0 Å². The van der Waals surface area contributed by atoms with Crippen molar-refractivity contribution in [3.63, 3.8) is 0 Å². The minimum atomic E-state index is -1.37. The number of piperazine rings is 1. The van der Waals surface area contributed by atoms with Crippen molar-refractivity contribution in [3.05, 3.63) is 58.7 Å². The van der Waals surface area contributed by atoms with Gasteiger partial charge in [-0.1, -0.05) is 13.5 Å². The Morgan fingerprint density at radius 1 is 1.31 bits per heavy atom. The summed E-state index contributed by atoms with van der Waals surface area (Å²) in [6.45, 7) is 12.8. The van der Waals surface area contributed by atoms with Crippen LogP contribution in [0, 0.1) is 12.8 Å². The second-order valence-corrected chi connectivity index (χ2v) is 9.50. The molecule has 1 aliphatic carbocycles. The molecular formula is C26H33FN4O5. The molecule has 3 N–H and O–H groups in total. The Hall–Kier alpha value is -3.53. The minimum Gasteiger partial charge on any atom is -0.482 e. The highest BCUT2D eigenvalue weighted by atomic mass is 19.1. The molecule has 1 fully saturated rings. The number of nitrogens with zero attached hydrogens (tertiary/aromatic N) is 3. The molecule has 1 saturated heterocycles. The highest BCUT2D eigenvalue weighted by molar-refractivity contribution is 5.95. The van der Waals surface area contributed by atoms with Gasteiger partial charge >= 0.3 is 5.97 Å². The molecule has 0 radical (unpaired) electrons. The Labute approximate surface area is 210 Å². The zero-order chi connectivity index (χ0) is 26.7. The monoisotopic (exact) mass is 500 g/mol. The summed E-state index contributed by atoms with van der Waals surface area (Å²) in [5, 5.41) is 9.74. The molecule has 1 aromatic rings. The molecule has 194 valence electrons. The van der Waals surface area contributed by atoms with E-state index in [-0.39, 0.29) is 35.1 Å². The topological polar surface area (TPSA) is 126 Å². The number of hydrogen-bond donors (Lipinski definition) is 2. The average molecular weight is 501 g/mol. The van der Waals surface area contributed by atoms with Crippen LogP contribution in [-0.2, 0) is 4.79 Å². The van der Waals surface area contributed by atoms with Crippen LogP contribution < -0.4 is 10.5 Å². The molecule has 9 nitrogen and oxygen atoms in total. The number of aryl methyl sites for hydroxylation is 1. The summed E-state index contributed by atoms with van der Waals surface area (Å²) in [4.78, 5) is 43.6. The normalized spacial score (nSPS) is 21.6. The molecule has 0 saturated carbocycles. The molecule has 0 bridgehead atoms. The van der Waals surface area contributed by atoms with E-state index in [0.29, 0.717) is 49.3 Å². The second kappa shape index (κ2) is 11.0. The fourth-order valence-corrected chi connectivity index (χ4v) is 4.82. The van der Waals surface area contributed by atoms with Gasteiger partial charge < -0.3 is 20.5 Å². The minimum absolute atomic E-state index is 0.0247. The molecule has 36 heavy (non-hydrogen) atoms. The summed E-state index contributed by atoms with van der Waals surface area (Å²) >= 11 is 0. The zero-order valence-corrected chi connectivity index (χ0v) is 21.1. The molecule has 1 unspecified atom stereocenters. The highest BCUT2D eigenvalue weighted by Crippen LogP contribution is 2.34. The van der Waals surface area contributed by atoms with E-state index in [2.05, 4.69) is 16.5 Å². The van der Waals surface area contributed by atoms with Crippen LogP contribution in [0.25, 0.3) is 0 Å². The van der Waals surface area contributed by atoms with Gasteiger partial charge in [0, 0.05) is 32.2 Å². The van der Waals surface area contributed by atoms with Crippen LogP contribution in [0.5, 0.6) is 5.75 Å². The van der Waals surface area contributed by atoms with Gasteiger partial charge in [0.15, 0.2) is 11.4 Å². The smallest absolute Gasteiger partial charge is 0.358 e. The summed E-state index contributed by atoms with van der Waals surface area (Å²) < 4.78 is 20.9. The maximum Gasteiger partial charge on any atom is 0.358 e. The maximum atomic E-state index is 14.7. The summed E-state index contributed by atoms with van der Waals surface area (Å²) in [7, 11) is 0. The number of nitrogens with two attached hydrogens (primary N) is 1. The van der Waals surface area contributed by atoms with Crippen molar-refractivity contribution < 1.29 is 28.6 Å². The lowest BCUT2D eigenvalue weighted by molar-refractivity contribution is -0.130. The van der Waals surface area contributed by atoms with E-state index >= 15 is 0 Å². The maximum absolute atomic E-state index is 14.7. The van der Waals surface area contributed by atoms with Gasteiger partial charge in [-0.05, 0) is 68.0 Å². The molecule has 2 amide bonds. The van der Waals surface area contributed by atoms with E-state index < -0.39 is 23.7 Å². The Morgan fingerprint density at radius 3 is 2.58 bits per heavy atom. The number of carbonyl (C=O) groups is 3. The van der Waals surface area contributed by atoms with Crippen LogP contribution in [0.15, 0.2) is 41.8 Å². The molecule has 1 aromatic heterocycles. The van der Waals surface area contributed by atoms with Gasteiger partial charge in [0.2, 0.25) is 5.91 Å². The quantitative estimate of drug-likeness (QED) is 0.526. The average Bonchev–Trinajstić information content (AvgIpc) is 2.80. The third kappa shape index (κ3) is 5.81. The van der Waals surface area contributed by atoms with E-state index in [1.165, 1.54) is 18.2 Å². The second-order valence-electron chi connectivity index (χ2n) is 9.50. The molecular weight excluding hydrogens is 467 g/mol. The Morgan fingerprint density at radius 2 is 2.00 bits per heavy atom. The van der Waals surface area contributed by atoms with Crippen molar-refractivity contribution in [2.75, 3.05) is 26.2 Å². The number of pyridine rings is 1. The largest absolute Gasteiger partial charge is 0.482 e. The Kier molecular flexibility index (Phi) is 8.29. The van der Waals surface area contributed by atoms with E-state index in [9.17, 15) is 23.9 Å². The fourth-order valence-electron chi connectivity index (χ4n) is 4.82. The van der Waals surface area contributed by atoms with Crippen molar-refractivity contribution in [2.24, 2.45) is 11.7 Å². The molecule has 3 rings (SSSR count). The zero-order valence-electron chi connectivity index (χ0n) is 21.1. The third-order valence-corrected chi connectivity index (χ3v) is 6.73. The van der Waals surface area contributed by atoms with Crippen LogP contribution in [0.3, 0.4) is 0 Å². The number of aromatic carboxylic acids is 1. The van der Waals surface area contributed by atoms with Gasteiger partial charge in [0.1, 0.15) is 17.6 Å². The number of aromatic nitrogens is 1. The first-order valence-electron chi connectivity index (χ1n) is 11.9. The summed E-state index contributed by atoms with van der Waals surface area (Å²) in [5.41, 5.74) is 6.47. The van der Waals surface area contributed by atoms with Gasteiger partial charge in [0.25, 0.3) is 5.91 Å². The van der Waals surface area contributed by atoms with Crippen LogP contribution in [0.2, 0.25) is 0 Å². The molecule has 2 heterocycles. The van der Waals surface area contributed by atoms with Crippen LogP contribution >= 0.6 is 0 Å². The van der Waals surface area contributed by atoms with Crippen molar-refractivity contribution >= 4 is 17.8 Å². The summed E-state index contributed by atoms with van der Waals surface area (Å²) in [6, 6.07) is 1.35. The number of hydrogen-bond acceptors (Lipinski definition) is 6. The number of halogens is 1. The predicted octanol–water partition coefficient (Wildman–Crippen LogP) is 2.86. The summed E-state index contributed by atoms with van der Waals surface area (Å²) in [5.74, 6) is -2.74. The number of carboxylic acid groups (broad SMARTS) is 1. The van der Waals surface area contributed by atoms with E-state index in [1.807, 2.05) is 13.8 Å². The van der Waals surface area contributed by atoms with E-state index in [4.69, 9.17) is 10.5 Å². The first-order valence-corrected chi connectivity index (χ1v) is 11.9. The van der Waals surface area contributed by atoms with Crippen LogP contribution in [0.1, 0.15) is 53.7 Å². The standard InChI is InChI=1S/C26H33FN4O5/c1-6-22(32)31-8-7-30(12-17(31)5)13-21(18-11-19(27)15(3)9-14(18)2)36-20-10-16(4)23(25(28)33)29-24(20)26(34)35/h6,10-11,14,17,21H,1,7-9,12-13H2,2-5H3,(H2,28,33)(H,34,35)/t14?,17-,21-/m1/s1. The van der Waals surface area contributed by atoms with E-state index in [1.54, 1.807) is 18.7 Å². The van der Waals surface area contributed by atoms with Gasteiger partial charge in [-0.3, -0.25) is 14.5 Å². The fraction of sp³-hybridized carbons (Fsp3) is 0.462. The van der Waals surface area contributed by atoms with Gasteiger partial charge in [-0.25, -0.2) is 14.2 Å². The van der Waals surface area contributed by atoms with Gasteiger partial charge in [-0.15, -0.1) is 0 Å². The lowest BCUT2D eigenvalue weighted by Crippen LogP contribution is -2.55. The third-order valence-electron chi connectivity index (χ3n) is 6.73. The van der Waals surface area contributed by atoms with Crippen molar-refractivity contribution in [3.8, 4) is 5.75 Å². The molecule has 10 heteroatoms. The first kappa shape index (κ1) is 27.1. The van der Waals surface area contributed by atoms with Crippen LogP contribution in [0.4, 0.5) is 4.39 Å². The Balaban J connectivity index is 1.97. The number of ether oxygens (including phenoxy) is 1. The van der Waals surface area contributed by atoms with Crippen LogP contribution in [-0.4, -0.2) is 76.0 Å².